The Labute approximate surface area is 132 Å². The molecule has 0 fully saturated rings. The van der Waals surface area contributed by atoms with Crippen molar-refractivity contribution < 1.29 is 13.3 Å². The molecule has 120 valence electrons. The number of nitrogens with zero attached hydrogens (tertiary/aromatic N) is 3. The van der Waals surface area contributed by atoms with E-state index in [1.807, 2.05) is 0 Å². The molecule has 0 bridgehead atoms. The van der Waals surface area contributed by atoms with Crippen LogP contribution in [0.1, 0.15) is 11.3 Å². The summed E-state index contributed by atoms with van der Waals surface area (Å²) < 4.78 is 27.0. The first-order chi connectivity index (χ1) is 11.0. The Hall–Kier alpha value is -2.59. The molecule has 3 rings (SSSR count). The molecule has 0 spiro atoms. The number of nitro groups is 1. The van der Waals surface area contributed by atoms with Crippen LogP contribution in [0.4, 0.5) is 11.6 Å². The summed E-state index contributed by atoms with van der Waals surface area (Å²) in [7, 11) is -4.15. The van der Waals surface area contributed by atoms with Crippen molar-refractivity contribution in [3.05, 3.63) is 51.8 Å². The fourth-order valence-electron chi connectivity index (χ4n) is 2.29. The van der Waals surface area contributed by atoms with Gasteiger partial charge in [-0.05, 0) is 24.6 Å². The Bertz CT molecular complexity index is 868. The van der Waals surface area contributed by atoms with Crippen LogP contribution in [0.5, 0.6) is 0 Å². The quantitative estimate of drug-likeness (QED) is 0.625. The molecule has 10 heteroatoms. The highest BCUT2D eigenvalue weighted by atomic mass is 32.2. The molecule has 0 unspecified atom stereocenters. The molecule has 0 radical (unpaired) electrons. The number of fused-ring (bicyclic) bond motifs is 1. The molecular weight excluding hydrogens is 322 g/mol. The molecule has 2 N–H and O–H groups in total. The van der Waals surface area contributed by atoms with Gasteiger partial charge in [0.1, 0.15) is 0 Å². The third-order valence-electron chi connectivity index (χ3n) is 3.39. The van der Waals surface area contributed by atoms with Gasteiger partial charge in [0.2, 0.25) is 5.95 Å². The SMILES string of the molecule is O=[N+]([O-])c1ccccc1S(=O)(=O)Nc1ncc2c(n1)CNCC2. The number of anilines is 1. The number of hydrogen-bond donors (Lipinski definition) is 2. The van der Waals surface area contributed by atoms with Gasteiger partial charge in [-0.2, -0.15) is 0 Å². The van der Waals surface area contributed by atoms with Crippen molar-refractivity contribution in [3.63, 3.8) is 0 Å². The van der Waals surface area contributed by atoms with Crippen molar-refractivity contribution in [1.29, 1.82) is 0 Å². The first-order valence-electron chi connectivity index (χ1n) is 6.79. The number of para-hydroxylation sites is 1. The third kappa shape index (κ3) is 3.12. The van der Waals surface area contributed by atoms with Crippen LogP contribution in [0.15, 0.2) is 35.4 Å². The lowest BCUT2D eigenvalue weighted by molar-refractivity contribution is -0.387. The van der Waals surface area contributed by atoms with Crippen LogP contribution in [0.3, 0.4) is 0 Å². The minimum Gasteiger partial charge on any atom is -0.311 e. The van der Waals surface area contributed by atoms with Gasteiger partial charge in [0.05, 0.1) is 10.6 Å². The van der Waals surface area contributed by atoms with Crippen molar-refractivity contribution in [1.82, 2.24) is 15.3 Å². The third-order valence-corrected chi connectivity index (χ3v) is 4.77. The highest BCUT2D eigenvalue weighted by Gasteiger charge is 2.26. The maximum atomic E-state index is 12.4. The maximum absolute atomic E-state index is 12.4. The number of rotatable bonds is 4. The Kier molecular flexibility index (Phi) is 3.92. The fourth-order valence-corrected chi connectivity index (χ4v) is 3.42. The molecule has 0 saturated heterocycles. The second-order valence-corrected chi connectivity index (χ2v) is 6.57. The molecule has 0 saturated carbocycles. The number of nitrogens with one attached hydrogen (secondary N) is 2. The molecule has 0 atom stereocenters. The molecule has 23 heavy (non-hydrogen) atoms. The molecule has 9 nitrogen and oxygen atoms in total. The molecule has 2 aromatic rings. The van der Waals surface area contributed by atoms with E-state index in [1.165, 1.54) is 18.2 Å². The summed E-state index contributed by atoms with van der Waals surface area (Å²) >= 11 is 0. The number of aromatic nitrogens is 2. The standard InChI is InChI=1S/C13H13N5O4S/c19-18(20)11-3-1-2-4-12(11)23(21,22)17-13-15-7-9-5-6-14-8-10(9)16-13/h1-4,7,14H,5-6,8H2,(H,15,16,17). The van der Waals surface area contributed by atoms with Crippen molar-refractivity contribution >= 4 is 21.7 Å². The van der Waals surface area contributed by atoms with Crippen LogP contribution < -0.4 is 10.0 Å². The van der Waals surface area contributed by atoms with Crippen molar-refractivity contribution in [2.45, 2.75) is 17.9 Å². The zero-order chi connectivity index (χ0) is 16.4. The van der Waals surface area contributed by atoms with Gasteiger partial charge in [0.15, 0.2) is 4.90 Å². The Morgan fingerprint density at radius 3 is 2.87 bits per heavy atom. The second-order valence-electron chi connectivity index (χ2n) is 4.92. The zero-order valence-electron chi connectivity index (χ0n) is 11.9. The summed E-state index contributed by atoms with van der Waals surface area (Å²) in [6.07, 6.45) is 2.34. The molecule has 0 aliphatic carbocycles. The average molecular weight is 335 g/mol. The zero-order valence-corrected chi connectivity index (χ0v) is 12.7. The highest BCUT2D eigenvalue weighted by Crippen LogP contribution is 2.24. The Morgan fingerprint density at radius 2 is 2.09 bits per heavy atom. The fraction of sp³-hybridized carbons (Fsp3) is 0.231. The molecule has 1 aromatic heterocycles. The van der Waals surface area contributed by atoms with Gasteiger partial charge in [-0.1, -0.05) is 12.1 Å². The molecular formula is C13H13N5O4S. The maximum Gasteiger partial charge on any atom is 0.289 e. The summed E-state index contributed by atoms with van der Waals surface area (Å²) in [5.41, 5.74) is 1.17. The summed E-state index contributed by atoms with van der Waals surface area (Å²) in [6.45, 7) is 1.34. The predicted octanol–water partition coefficient (Wildman–Crippen LogP) is 0.831. The Morgan fingerprint density at radius 1 is 1.30 bits per heavy atom. The molecule has 1 aliphatic heterocycles. The lowest BCUT2D eigenvalue weighted by Crippen LogP contribution is -2.26. The molecule has 0 amide bonds. The number of sulfonamides is 1. The van der Waals surface area contributed by atoms with Crippen molar-refractivity contribution in [3.8, 4) is 0 Å². The van der Waals surface area contributed by atoms with Crippen LogP contribution >= 0.6 is 0 Å². The minimum atomic E-state index is -4.15. The molecule has 1 aromatic carbocycles. The van der Waals surface area contributed by atoms with E-state index >= 15 is 0 Å². The van der Waals surface area contributed by atoms with Gasteiger partial charge >= 0.3 is 0 Å². The van der Waals surface area contributed by atoms with E-state index in [4.69, 9.17) is 0 Å². The van der Waals surface area contributed by atoms with E-state index in [0.717, 1.165) is 24.6 Å². The van der Waals surface area contributed by atoms with Gasteiger partial charge in [0, 0.05) is 18.8 Å². The van der Waals surface area contributed by atoms with Crippen LogP contribution in [-0.4, -0.2) is 29.9 Å². The lowest BCUT2D eigenvalue weighted by atomic mass is 10.1. The number of hydrogen-bond acceptors (Lipinski definition) is 7. The largest absolute Gasteiger partial charge is 0.311 e. The van der Waals surface area contributed by atoms with Crippen LogP contribution in [0.25, 0.3) is 0 Å². The van der Waals surface area contributed by atoms with E-state index in [-0.39, 0.29) is 5.95 Å². The monoisotopic (exact) mass is 335 g/mol. The van der Waals surface area contributed by atoms with Crippen LogP contribution in [-0.2, 0) is 23.0 Å². The summed E-state index contributed by atoms with van der Waals surface area (Å²) in [6, 6.07) is 5.12. The van der Waals surface area contributed by atoms with E-state index in [9.17, 15) is 18.5 Å². The van der Waals surface area contributed by atoms with Gasteiger partial charge in [-0.3, -0.25) is 10.1 Å². The van der Waals surface area contributed by atoms with Gasteiger partial charge in [-0.15, -0.1) is 0 Å². The minimum absolute atomic E-state index is 0.106. The normalized spacial score (nSPS) is 14.1. The van der Waals surface area contributed by atoms with Crippen molar-refractivity contribution in [2.75, 3.05) is 11.3 Å². The highest BCUT2D eigenvalue weighted by molar-refractivity contribution is 7.92. The number of nitro benzene ring substituents is 1. The van der Waals surface area contributed by atoms with Crippen LogP contribution in [0, 0.1) is 10.1 Å². The summed E-state index contributed by atoms with van der Waals surface area (Å²) in [5, 5.41) is 14.1. The first kappa shape index (κ1) is 15.3. The summed E-state index contributed by atoms with van der Waals surface area (Å²) in [5.74, 6) is -0.106. The average Bonchev–Trinajstić information content (AvgIpc) is 2.54. The number of benzene rings is 1. The van der Waals surface area contributed by atoms with Crippen molar-refractivity contribution in [2.24, 2.45) is 0 Å². The van der Waals surface area contributed by atoms with E-state index in [1.54, 1.807) is 6.20 Å². The molecule has 1 aliphatic rings. The predicted molar refractivity (Wildman–Crippen MR) is 81.3 cm³/mol. The van der Waals surface area contributed by atoms with Gasteiger partial charge < -0.3 is 5.32 Å². The van der Waals surface area contributed by atoms with Gasteiger partial charge in [-0.25, -0.2) is 23.1 Å². The second kappa shape index (κ2) is 5.89. The van der Waals surface area contributed by atoms with E-state index < -0.39 is 25.5 Å². The topological polar surface area (TPSA) is 127 Å². The lowest BCUT2D eigenvalue weighted by Gasteiger charge is -2.16. The molecule has 2 heterocycles. The smallest absolute Gasteiger partial charge is 0.289 e. The van der Waals surface area contributed by atoms with E-state index in [0.29, 0.717) is 12.2 Å². The summed E-state index contributed by atoms with van der Waals surface area (Å²) in [4.78, 5) is 18.0. The Balaban J connectivity index is 1.94. The van der Waals surface area contributed by atoms with Gasteiger partial charge in [0.25, 0.3) is 15.7 Å². The van der Waals surface area contributed by atoms with E-state index in [2.05, 4.69) is 20.0 Å². The van der Waals surface area contributed by atoms with Crippen LogP contribution in [0.2, 0.25) is 0 Å². The first-order valence-corrected chi connectivity index (χ1v) is 8.27.